The Kier molecular flexibility index (Phi) is 2.95. The Labute approximate surface area is 98.6 Å². The number of aromatic nitrogens is 3. The van der Waals surface area contributed by atoms with E-state index in [2.05, 4.69) is 15.6 Å². The number of nitrogens with one attached hydrogen (secondary N) is 1. The topological polar surface area (TPSA) is 73.0 Å². The zero-order valence-electron chi connectivity index (χ0n) is 10.0. The van der Waals surface area contributed by atoms with E-state index in [0.29, 0.717) is 17.1 Å². The van der Waals surface area contributed by atoms with Crippen molar-refractivity contribution >= 4 is 11.6 Å². The average Bonchev–Trinajstić information content (AvgIpc) is 2.79. The van der Waals surface area contributed by atoms with Gasteiger partial charge in [-0.2, -0.15) is 5.10 Å². The molecule has 2 aromatic heterocycles. The average molecular weight is 234 g/mol. The van der Waals surface area contributed by atoms with Crippen molar-refractivity contribution in [1.29, 1.82) is 0 Å². The lowest BCUT2D eigenvalue weighted by molar-refractivity contribution is -0.116. The summed E-state index contributed by atoms with van der Waals surface area (Å²) in [6.07, 6.45) is 1.77. The van der Waals surface area contributed by atoms with Gasteiger partial charge in [-0.15, -0.1) is 0 Å². The van der Waals surface area contributed by atoms with Crippen LogP contribution >= 0.6 is 0 Å². The Balaban J connectivity index is 2.03. The summed E-state index contributed by atoms with van der Waals surface area (Å²) in [4.78, 5) is 11.8. The first-order valence-electron chi connectivity index (χ1n) is 5.29. The van der Waals surface area contributed by atoms with E-state index >= 15 is 0 Å². The molecular formula is C11H14N4O2. The molecule has 2 aromatic rings. The number of nitrogens with zero attached hydrogens (tertiary/aromatic N) is 3. The lowest BCUT2D eigenvalue weighted by atomic mass is 10.3. The second-order valence-electron chi connectivity index (χ2n) is 3.90. The molecule has 6 heteroatoms. The standard InChI is InChI=1S/C11H14N4O2/c1-7-4-5-15(13-7)6-10(16)12-11-8(2)14-17-9(11)3/h4-5H,6H2,1-3H3,(H,12,16). The Morgan fingerprint density at radius 1 is 1.47 bits per heavy atom. The highest BCUT2D eigenvalue weighted by atomic mass is 16.5. The van der Waals surface area contributed by atoms with Crippen LogP contribution in [0.5, 0.6) is 0 Å². The van der Waals surface area contributed by atoms with Crippen LogP contribution in [0.1, 0.15) is 17.1 Å². The van der Waals surface area contributed by atoms with Crippen LogP contribution in [0.4, 0.5) is 5.69 Å². The third kappa shape index (κ3) is 2.52. The monoisotopic (exact) mass is 234 g/mol. The molecule has 2 heterocycles. The molecule has 0 aliphatic rings. The summed E-state index contributed by atoms with van der Waals surface area (Å²) in [6, 6.07) is 1.85. The van der Waals surface area contributed by atoms with Crippen LogP contribution in [0.2, 0.25) is 0 Å². The molecule has 0 aliphatic heterocycles. The van der Waals surface area contributed by atoms with E-state index in [9.17, 15) is 4.79 Å². The SMILES string of the molecule is Cc1ccn(CC(=O)Nc2c(C)noc2C)n1. The van der Waals surface area contributed by atoms with Crippen molar-refractivity contribution in [1.82, 2.24) is 14.9 Å². The van der Waals surface area contributed by atoms with E-state index in [-0.39, 0.29) is 12.5 Å². The quantitative estimate of drug-likeness (QED) is 0.872. The van der Waals surface area contributed by atoms with Gasteiger partial charge >= 0.3 is 0 Å². The number of hydrogen-bond donors (Lipinski definition) is 1. The van der Waals surface area contributed by atoms with Gasteiger partial charge in [-0.25, -0.2) is 0 Å². The van der Waals surface area contributed by atoms with Crippen LogP contribution in [-0.2, 0) is 11.3 Å². The summed E-state index contributed by atoms with van der Waals surface area (Å²) in [5.41, 5.74) is 2.20. The van der Waals surface area contributed by atoms with Crippen molar-refractivity contribution in [2.24, 2.45) is 0 Å². The molecule has 0 aliphatic carbocycles. The number of amides is 1. The summed E-state index contributed by atoms with van der Waals surface area (Å²) >= 11 is 0. The van der Waals surface area contributed by atoms with Crippen molar-refractivity contribution in [2.45, 2.75) is 27.3 Å². The second kappa shape index (κ2) is 4.40. The summed E-state index contributed by atoms with van der Waals surface area (Å²) < 4.78 is 6.55. The minimum absolute atomic E-state index is 0.150. The highest BCUT2D eigenvalue weighted by Crippen LogP contribution is 2.18. The fourth-order valence-electron chi connectivity index (χ4n) is 1.54. The van der Waals surface area contributed by atoms with E-state index < -0.39 is 0 Å². The largest absolute Gasteiger partial charge is 0.359 e. The maximum absolute atomic E-state index is 11.8. The smallest absolute Gasteiger partial charge is 0.246 e. The van der Waals surface area contributed by atoms with Crippen molar-refractivity contribution in [2.75, 3.05) is 5.32 Å². The van der Waals surface area contributed by atoms with Crippen LogP contribution in [0.25, 0.3) is 0 Å². The van der Waals surface area contributed by atoms with Gasteiger partial charge in [-0.05, 0) is 26.8 Å². The highest BCUT2D eigenvalue weighted by Gasteiger charge is 2.12. The normalized spacial score (nSPS) is 10.5. The van der Waals surface area contributed by atoms with Gasteiger partial charge < -0.3 is 9.84 Å². The van der Waals surface area contributed by atoms with Gasteiger partial charge in [-0.1, -0.05) is 5.16 Å². The molecule has 0 fully saturated rings. The van der Waals surface area contributed by atoms with Crippen molar-refractivity contribution in [3.8, 4) is 0 Å². The molecule has 90 valence electrons. The summed E-state index contributed by atoms with van der Waals surface area (Å²) in [6.45, 7) is 5.60. The predicted molar refractivity (Wildman–Crippen MR) is 61.6 cm³/mol. The molecule has 0 saturated carbocycles. The summed E-state index contributed by atoms with van der Waals surface area (Å²) in [5, 5.41) is 10.7. The summed E-state index contributed by atoms with van der Waals surface area (Å²) in [7, 11) is 0. The van der Waals surface area contributed by atoms with Gasteiger partial charge in [0, 0.05) is 6.20 Å². The zero-order valence-corrected chi connectivity index (χ0v) is 10.0. The molecule has 17 heavy (non-hydrogen) atoms. The lowest BCUT2D eigenvalue weighted by Crippen LogP contribution is -2.19. The molecule has 1 amide bonds. The molecule has 0 spiro atoms. The maximum atomic E-state index is 11.8. The molecule has 0 saturated heterocycles. The number of rotatable bonds is 3. The maximum Gasteiger partial charge on any atom is 0.246 e. The first-order chi connectivity index (χ1) is 8.06. The van der Waals surface area contributed by atoms with Crippen LogP contribution in [0.3, 0.4) is 0 Å². The van der Waals surface area contributed by atoms with Crippen LogP contribution in [-0.4, -0.2) is 20.8 Å². The van der Waals surface area contributed by atoms with E-state index in [1.165, 1.54) is 0 Å². The lowest BCUT2D eigenvalue weighted by Gasteiger charge is -2.04. The Bertz CT molecular complexity index is 522. The van der Waals surface area contributed by atoms with Crippen molar-refractivity contribution < 1.29 is 9.32 Å². The third-order valence-corrected chi connectivity index (χ3v) is 2.38. The van der Waals surface area contributed by atoms with Gasteiger partial charge in [0.15, 0.2) is 5.76 Å². The van der Waals surface area contributed by atoms with Gasteiger partial charge in [0.1, 0.15) is 17.9 Å². The number of carbonyl (C=O) groups is 1. The van der Waals surface area contributed by atoms with Crippen molar-refractivity contribution in [3.05, 3.63) is 29.4 Å². The predicted octanol–water partition coefficient (Wildman–Crippen LogP) is 1.44. The number of aryl methyl sites for hydroxylation is 3. The summed E-state index contributed by atoms with van der Waals surface area (Å²) in [5.74, 6) is 0.454. The van der Waals surface area contributed by atoms with Crippen LogP contribution in [0, 0.1) is 20.8 Å². The van der Waals surface area contributed by atoms with Crippen LogP contribution < -0.4 is 5.32 Å². The first-order valence-corrected chi connectivity index (χ1v) is 5.29. The number of anilines is 1. The molecule has 2 rings (SSSR count). The number of carbonyl (C=O) groups excluding carboxylic acids is 1. The third-order valence-electron chi connectivity index (χ3n) is 2.38. The van der Waals surface area contributed by atoms with Crippen molar-refractivity contribution in [3.63, 3.8) is 0 Å². The van der Waals surface area contributed by atoms with Crippen LogP contribution in [0.15, 0.2) is 16.8 Å². The molecule has 0 radical (unpaired) electrons. The molecular weight excluding hydrogens is 220 g/mol. The Morgan fingerprint density at radius 3 is 2.76 bits per heavy atom. The second-order valence-corrected chi connectivity index (χ2v) is 3.90. The molecule has 0 aromatic carbocycles. The van der Waals surface area contributed by atoms with E-state index in [1.807, 2.05) is 13.0 Å². The zero-order chi connectivity index (χ0) is 12.4. The van der Waals surface area contributed by atoms with Gasteiger partial charge in [0.2, 0.25) is 5.91 Å². The molecule has 1 N–H and O–H groups in total. The minimum atomic E-state index is -0.150. The molecule has 0 unspecified atom stereocenters. The Hall–Kier alpha value is -2.11. The minimum Gasteiger partial charge on any atom is -0.359 e. The number of hydrogen-bond acceptors (Lipinski definition) is 4. The fraction of sp³-hybridized carbons (Fsp3) is 0.364. The van der Waals surface area contributed by atoms with E-state index in [1.54, 1.807) is 24.7 Å². The van der Waals surface area contributed by atoms with Gasteiger partial charge in [0.05, 0.1) is 5.69 Å². The highest BCUT2D eigenvalue weighted by molar-refractivity contribution is 5.91. The first kappa shape index (κ1) is 11.4. The van der Waals surface area contributed by atoms with E-state index in [0.717, 1.165) is 5.69 Å². The molecule has 6 nitrogen and oxygen atoms in total. The van der Waals surface area contributed by atoms with E-state index in [4.69, 9.17) is 4.52 Å². The molecule has 0 bridgehead atoms. The fourth-order valence-corrected chi connectivity index (χ4v) is 1.54. The van der Waals surface area contributed by atoms with Gasteiger partial charge in [-0.3, -0.25) is 9.48 Å². The Morgan fingerprint density at radius 2 is 2.24 bits per heavy atom. The molecule has 0 atom stereocenters. The van der Waals surface area contributed by atoms with Gasteiger partial charge in [0.25, 0.3) is 0 Å².